The molecule has 0 heterocycles. The van der Waals surface area contributed by atoms with Crippen molar-refractivity contribution < 1.29 is 9.53 Å². The first-order valence-corrected chi connectivity index (χ1v) is 11.3. The van der Waals surface area contributed by atoms with Gasteiger partial charge in [0.15, 0.2) is 0 Å². The molecule has 0 saturated heterocycles. The molecule has 0 spiro atoms. The number of carbonyl (C=O) groups excluding carboxylic acids is 1. The predicted octanol–water partition coefficient (Wildman–Crippen LogP) is 7.39. The molecule has 0 aromatic heterocycles. The maximum atomic E-state index is 11.6. The third-order valence-corrected chi connectivity index (χ3v) is 5.01. The summed E-state index contributed by atoms with van der Waals surface area (Å²) >= 11 is 0. The first kappa shape index (κ1) is 23.5. The highest BCUT2D eigenvalue weighted by Gasteiger charge is 2.01. The van der Waals surface area contributed by atoms with Crippen LogP contribution in [0.1, 0.15) is 102 Å². The summed E-state index contributed by atoms with van der Waals surface area (Å²) in [5, 5.41) is 2.84. The molecule has 0 aliphatic heterocycles. The highest BCUT2D eigenvalue weighted by atomic mass is 16.5. The van der Waals surface area contributed by atoms with Crippen molar-refractivity contribution in [1.29, 1.82) is 0 Å². The van der Waals surface area contributed by atoms with Crippen molar-refractivity contribution in [1.82, 2.24) is 5.32 Å². The quantitative estimate of drug-likeness (QED) is 0.288. The van der Waals surface area contributed by atoms with Gasteiger partial charge in [0.05, 0.1) is 0 Å². The number of amides is 1. The molecular formula is C24H41NO2. The molecule has 0 radical (unpaired) electrons. The second-order valence-corrected chi connectivity index (χ2v) is 7.58. The molecule has 3 heteroatoms. The van der Waals surface area contributed by atoms with Gasteiger partial charge >= 0.3 is 6.09 Å². The summed E-state index contributed by atoms with van der Waals surface area (Å²) in [5.74, 6) is 0. The first-order valence-electron chi connectivity index (χ1n) is 11.3. The second-order valence-electron chi connectivity index (χ2n) is 7.58. The molecular weight excluding hydrogens is 334 g/mol. The summed E-state index contributed by atoms with van der Waals surface area (Å²) in [6.07, 6.45) is 18.6. The molecule has 0 fully saturated rings. The Morgan fingerprint density at radius 1 is 0.741 bits per heavy atom. The summed E-state index contributed by atoms with van der Waals surface area (Å²) in [5.41, 5.74) is 1.02. The molecule has 0 atom stereocenters. The molecule has 0 aliphatic carbocycles. The third-order valence-electron chi connectivity index (χ3n) is 5.01. The molecule has 0 aliphatic rings. The van der Waals surface area contributed by atoms with Gasteiger partial charge in [0.2, 0.25) is 0 Å². The van der Waals surface area contributed by atoms with Crippen LogP contribution in [0.25, 0.3) is 0 Å². The number of unbranched alkanes of at least 4 members (excludes halogenated alkanes) is 13. The van der Waals surface area contributed by atoms with E-state index in [0.717, 1.165) is 12.0 Å². The zero-order valence-electron chi connectivity index (χ0n) is 17.5. The van der Waals surface area contributed by atoms with Gasteiger partial charge in [-0.1, -0.05) is 121 Å². The minimum Gasteiger partial charge on any atom is -0.445 e. The Morgan fingerprint density at radius 3 is 1.74 bits per heavy atom. The Morgan fingerprint density at radius 2 is 1.22 bits per heavy atom. The number of rotatable bonds is 17. The zero-order chi connectivity index (χ0) is 19.4. The number of ether oxygens (including phenoxy) is 1. The van der Waals surface area contributed by atoms with E-state index in [1.165, 1.54) is 83.5 Å². The summed E-state index contributed by atoms with van der Waals surface area (Å²) in [6.45, 7) is 3.33. The first-order chi connectivity index (χ1) is 13.3. The molecule has 27 heavy (non-hydrogen) atoms. The minimum absolute atomic E-state index is 0.312. The normalized spacial score (nSPS) is 10.7. The average molecular weight is 376 g/mol. The van der Waals surface area contributed by atoms with Crippen LogP contribution in [0.15, 0.2) is 30.3 Å². The lowest BCUT2D eigenvalue weighted by molar-refractivity contribution is 0.139. The molecule has 0 saturated carbocycles. The van der Waals surface area contributed by atoms with E-state index in [9.17, 15) is 4.79 Å². The molecule has 1 aromatic carbocycles. The highest BCUT2D eigenvalue weighted by molar-refractivity contribution is 5.67. The van der Waals surface area contributed by atoms with Gasteiger partial charge in [0, 0.05) is 6.54 Å². The number of alkyl carbamates (subject to hydrolysis) is 1. The van der Waals surface area contributed by atoms with Gasteiger partial charge in [-0.25, -0.2) is 4.79 Å². The Bertz CT molecular complexity index is 447. The van der Waals surface area contributed by atoms with Crippen molar-refractivity contribution in [2.45, 2.75) is 103 Å². The Hall–Kier alpha value is -1.51. The smallest absolute Gasteiger partial charge is 0.407 e. The van der Waals surface area contributed by atoms with E-state index in [2.05, 4.69) is 12.2 Å². The second kappa shape index (κ2) is 17.9. The van der Waals surface area contributed by atoms with Gasteiger partial charge in [0.25, 0.3) is 0 Å². The van der Waals surface area contributed by atoms with Gasteiger partial charge in [-0.05, 0) is 12.0 Å². The molecule has 154 valence electrons. The molecule has 1 N–H and O–H groups in total. The van der Waals surface area contributed by atoms with Crippen LogP contribution < -0.4 is 5.32 Å². The van der Waals surface area contributed by atoms with Crippen LogP contribution in [0, 0.1) is 0 Å². The Kier molecular flexibility index (Phi) is 15.6. The maximum absolute atomic E-state index is 11.6. The average Bonchev–Trinajstić information content (AvgIpc) is 2.70. The number of carbonyl (C=O) groups is 1. The fourth-order valence-electron chi connectivity index (χ4n) is 3.28. The summed E-state index contributed by atoms with van der Waals surface area (Å²) in [6, 6.07) is 9.78. The molecule has 0 bridgehead atoms. The van der Waals surface area contributed by atoms with E-state index >= 15 is 0 Å². The topological polar surface area (TPSA) is 38.3 Å². The maximum Gasteiger partial charge on any atom is 0.407 e. The third kappa shape index (κ3) is 15.3. The van der Waals surface area contributed by atoms with Crippen molar-refractivity contribution in [3.8, 4) is 0 Å². The largest absolute Gasteiger partial charge is 0.445 e. The van der Waals surface area contributed by atoms with Gasteiger partial charge in [0.1, 0.15) is 6.61 Å². The Labute approximate surface area is 167 Å². The van der Waals surface area contributed by atoms with Crippen LogP contribution in [0.2, 0.25) is 0 Å². The van der Waals surface area contributed by atoms with E-state index in [4.69, 9.17) is 4.74 Å². The highest BCUT2D eigenvalue weighted by Crippen LogP contribution is 2.12. The van der Waals surface area contributed by atoms with E-state index in [1.807, 2.05) is 30.3 Å². The van der Waals surface area contributed by atoms with Crippen molar-refractivity contribution >= 4 is 6.09 Å². The van der Waals surface area contributed by atoms with Crippen molar-refractivity contribution in [2.24, 2.45) is 0 Å². The fourth-order valence-corrected chi connectivity index (χ4v) is 3.28. The lowest BCUT2D eigenvalue weighted by Gasteiger charge is -2.07. The van der Waals surface area contributed by atoms with E-state index < -0.39 is 0 Å². The molecule has 1 aromatic rings. The molecule has 1 amide bonds. The molecule has 0 unspecified atom stereocenters. The van der Waals surface area contributed by atoms with Gasteiger partial charge in [-0.15, -0.1) is 0 Å². The van der Waals surface area contributed by atoms with Crippen LogP contribution in [0.5, 0.6) is 0 Å². The summed E-state index contributed by atoms with van der Waals surface area (Å²) < 4.78 is 5.20. The van der Waals surface area contributed by atoms with Gasteiger partial charge in [-0.2, -0.15) is 0 Å². The van der Waals surface area contributed by atoms with Crippen molar-refractivity contribution in [2.75, 3.05) is 6.54 Å². The van der Waals surface area contributed by atoms with Crippen LogP contribution in [0.4, 0.5) is 4.79 Å². The monoisotopic (exact) mass is 375 g/mol. The van der Waals surface area contributed by atoms with Crippen molar-refractivity contribution in [3.63, 3.8) is 0 Å². The zero-order valence-corrected chi connectivity index (χ0v) is 17.5. The number of benzene rings is 1. The van der Waals surface area contributed by atoms with Crippen LogP contribution in [-0.2, 0) is 11.3 Å². The van der Waals surface area contributed by atoms with E-state index in [0.29, 0.717) is 13.2 Å². The standard InChI is InChI=1S/C24H41NO2/c1-2-3-4-5-6-7-8-9-10-11-12-13-14-18-21-25-24(26)27-22-23-19-16-15-17-20-23/h15-17,19-20H,2-14,18,21-22H2,1H3,(H,25,26). The fraction of sp³-hybridized carbons (Fsp3) is 0.708. The number of nitrogens with one attached hydrogen (secondary N) is 1. The van der Waals surface area contributed by atoms with Crippen LogP contribution >= 0.6 is 0 Å². The van der Waals surface area contributed by atoms with Gasteiger partial charge < -0.3 is 10.1 Å². The minimum atomic E-state index is -0.312. The SMILES string of the molecule is CCCCCCCCCCCCCCCCNC(=O)OCc1ccccc1. The summed E-state index contributed by atoms with van der Waals surface area (Å²) in [4.78, 5) is 11.6. The molecule has 1 rings (SSSR count). The van der Waals surface area contributed by atoms with Crippen LogP contribution in [-0.4, -0.2) is 12.6 Å². The Balaban J connectivity index is 1.77. The van der Waals surface area contributed by atoms with Crippen molar-refractivity contribution in [3.05, 3.63) is 35.9 Å². The number of hydrogen-bond acceptors (Lipinski definition) is 2. The predicted molar refractivity (Wildman–Crippen MR) is 115 cm³/mol. The van der Waals surface area contributed by atoms with E-state index in [-0.39, 0.29) is 6.09 Å². The lowest BCUT2D eigenvalue weighted by Crippen LogP contribution is -2.25. The van der Waals surface area contributed by atoms with E-state index in [1.54, 1.807) is 0 Å². The van der Waals surface area contributed by atoms with Crippen LogP contribution in [0.3, 0.4) is 0 Å². The molecule has 3 nitrogen and oxygen atoms in total. The number of hydrogen-bond donors (Lipinski definition) is 1. The lowest BCUT2D eigenvalue weighted by atomic mass is 10.0. The van der Waals surface area contributed by atoms with Gasteiger partial charge in [-0.3, -0.25) is 0 Å². The summed E-state index contributed by atoms with van der Waals surface area (Å²) in [7, 11) is 0.